The minimum absolute atomic E-state index is 0.523. The Bertz CT molecular complexity index is 337. The molecule has 0 amide bonds. The van der Waals surface area contributed by atoms with E-state index in [9.17, 15) is 0 Å². The van der Waals surface area contributed by atoms with E-state index < -0.39 is 0 Å². The normalized spacial score (nSPS) is 15.5. The van der Waals surface area contributed by atoms with Gasteiger partial charge >= 0.3 is 0 Å². The molecule has 0 bridgehead atoms. The van der Waals surface area contributed by atoms with E-state index in [1.54, 1.807) is 7.11 Å². The Morgan fingerprint density at radius 1 is 1.40 bits per heavy atom. The molecule has 0 aromatic carbocycles. The van der Waals surface area contributed by atoms with Gasteiger partial charge in [0.15, 0.2) is 11.6 Å². The molecule has 0 radical (unpaired) electrons. The molecule has 1 saturated heterocycles. The first-order chi connectivity index (χ1) is 7.36. The fraction of sp³-hybridized carbons (Fsp3) is 0.556. The zero-order valence-electron chi connectivity index (χ0n) is 8.73. The van der Waals surface area contributed by atoms with Crippen molar-refractivity contribution in [3.63, 3.8) is 0 Å². The van der Waals surface area contributed by atoms with Gasteiger partial charge in [-0.1, -0.05) is 0 Å². The first kappa shape index (κ1) is 9.97. The maximum Gasteiger partial charge on any atom is 0.205 e. The van der Waals surface area contributed by atoms with Crippen molar-refractivity contribution in [3.8, 4) is 5.75 Å². The summed E-state index contributed by atoms with van der Waals surface area (Å²) in [5, 5.41) is 0. The number of hydrogen-bond donors (Lipinski definition) is 2. The topological polar surface area (TPSA) is 76.3 Å². The van der Waals surface area contributed by atoms with Crippen molar-refractivity contribution < 1.29 is 4.74 Å². The number of anilines is 2. The average molecular weight is 209 g/mol. The summed E-state index contributed by atoms with van der Waals surface area (Å²) in [6, 6.07) is 0. The zero-order valence-corrected chi connectivity index (χ0v) is 8.73. The van der Waals surface area contributed by atoms with E-state index in [0.29, 0.717) is 11.6 Å². The molecule has 1 aliphatic rings. The van der Waals surface area contributed by atoms with E-state index in [1.165, 1.54) is 19.2 Å². The number of nitrogens with two attached hydrogens (primary N) is 1. The van der Waals surface area contributed by atoms with Crippen LogP contribution >= 0.6 is 0 Å². The summed E-state index contributed by atoms with van der Waals surface area (Å²) in [7, 11) is 1.60. The van der Waals surface area contributed by atoms with Crippen molar-refractivity contribution in [1.82, 2.24) is 9.97 Å². The van der Waals surface area contributed by atoms with E-state index in [0.717, 1.165) is 18.9 Å². The van der Waals surface area contributed by atoms with Crippen LogP contribution in [-0.2, 0) is 0 Å². The van der Waals surface area contributed by atoms with Gasteiger partial charge in [0, 0.05) is 13.1 Å². The molecule has 1 aromatic heterocycles. The summed E-state index contributed by atoms with van der Waals surface area (Å²) < 4.78 is 5.27. The number of nitrogens with one attached hydrogen (secondary N) is 1. The molecule has 1 aliphatic heterocycles. The Labute approximate surface area is 88.4 Å². The number of ether oxygens (including phenoxy) is 1. The summed E-state index contributed by atoms with van der Waals surface area (Å²) >= 11 is 0. The second kappa shape index (κ2) is 4.31. The highest BCUT2D eigenvalue weighted by Gasteiger charge is 2.20. The second-order valence-corrected chi connectivity index (χ2v) is 3.42. The summed E-state index contributed by atoms with van der Waals surface area (Å²) in [5.41, 5.74) is 2.51. The molecular formula is C9H15N5O. The molecule has 82 valence electrons. The lowest BCUT2D eigenvalue weighted by atomic mass is 10.4. The van der Waals surface area contributed by atoms with E-state index in [-0.39, 0.29) is 0 Å². The minimum atomic E-state index is 0.523. The summed E-state index contributed by atoms with van der Waals surface area (Å²) in [5.74, 6) is 7.31. The van der Waals surface area contributed by atoms with Gasteiger partial charge in [0.05, 0.1) is 7.11 Å². The van der Waals surface area contributed by atoms with Gasteiger partial charge in [-0.15, -0.1) is 0 Å². The smallest absolute Gasteiger partial charge is 0.205 e. The average Bonchev–Trinajstić information content (AvgIpc) is 2.81. The Kier molecular flexibility index (Phi) is 2.86. The number of hydrazine groups is 1. The highest BCUT2D eigenvalue weighted by Crippen LogP contribution is 2.32. The fourth-order valence-electron chi connectivity index (χ4n) is 1.81. The molecule has 1 aromatic rings. The van der Waals surface area contributed by atoms with E-state index >= 15 is 0 Å². The minimum Gasteiger partial charge on any atom is -0.490 e. The van der Waals surface area contributed by atoms with Gasteiger partial charge < -0.3 is 15.1 Å². The van der Waals surface area contributed by atoms with Gasteiger partial charge in [-0.05, 0) is 12.8 Å². The molecule has 6 nitrogen and oxygen atoms in total. The number of nitrogens with zero attached hydrogens (tertiary/aromatic N) is 3. The predicted molar refractivity (Wildman–Crippen MR) is 57.8 cm³/mol. The van der Waals surface area contributed by atoms with Crippen molar-refractivity contribution in [2.45, 2.75) is 12.8 Å². The molecular weight excluding hydrogens is 194 g/mol. The van der Waals surface area contributed by atoms with Crippen LogP contribution in [0.4, 0.5) is 11.6 Å². The molecule has 0 aliphatic carbocycles. The van der Waals surface area contributed by atoms with Crippen LogP contribution < -0.4 is 20.9 Å². The number of aromatic nitrogens is 2. The first-order valence-electron chi connectivity index (χ1n) is 4.97. The monoisotopic (exact) mass is 209 g/mol. The zero-order chi connectivity index (χ0) is 10.7. The molecule has 6 heteroatoms. The Morgan fingerprint density at radius 3 is 2.73 bits per heavy atom. The number of nitrogen functional groups attached to an aromatic ring is 1. The van der Waals surface area contributed by atoms with E-state index in [2.05, 4.69) is 20.3 Å². The first-order valence-corrected chi connectivity index (χ1v) is 4.97. The van der Waals surface area contributed by atoms with Gasteiger partial charge in [-0.25, -0.2) is 15.8 Å². The molecule has 0 atom stereocenters. The largest absolute Gasteiger partial charge is 0.490 e. The van der Waals surface area contributed by atoms with Crippen molar-refractivity contribution in [2.75, 3.05) is 30.5 Å². The van der Waals surface area contributed by atoms with Gasteiger partial charge in [0.25, 0.3) is 0 Å². The van der Waals surface area contributed by atoms with Crippen LogP contribution in [0.1, 0.15) is 12.8 Å². The number of methoxy groups -OCH3 is 1. The lowest BCUT2D eigenvalue weighted by Crippen LogP contribution is -2.21. The SMILES string of the molecule is COc1c(NN)ncnc1N1CCCC1. The van der Waals surface area contributed by atoms with Crippen LogP contribution in [0.15, 0.2) is 6.33 Å². The number of hydrogen-bond acceptors (Lipinski definition) is 6. The van der Waals surface area contributed by atoms with Gasteiger partial charge in [0.1, 0.15) is 6.33 Å². The third-order valence-electron chi connectivity index (χ3n) is 2.53. The summed E-state index contributed by atoms with van der Waals surface area (Å²) in [4.78, 5) is 10.4. The highest BCUT2D eigenvalue weighted by molar-refractivity contribution is 5.64. The predicted octanol–water partition coefficient (Wildman–Crippen LogP) is 0.371. The molecule has 2 rings (SSSR count). The van der Waals surface area contributed by atoms with Crippen LogP contribution in [0.2, 0.25) is 0 Å². The fourth-order valence-corrected chi connectivity index (χ4v) is 1.81. The molecule has 1 fully saturated rings. The maximum atomic E-state index is 5.35. The summed E-state index contributed by atoms with van der Waals surface area (Å²) in [6.07, 6.45) is 3.88. The molecule has 0 saturated carbocycles. The van der Waals surface area contributed by atoms with Crippen molar-refractivity contribution in [1.29, 1.82) is 0 Å². The number of rotatable bonds is 3. The van der Waals surface area contributed by atoms with Gasteiger partial charge in [-0.3, -0.25) is 0 Å². The van der Waals surface area contributed by atoms with E-state index in [4.69, 9.17) is 10.6 Å². The van der Waals surface area contributed by atoms with Crippen LogP contribution in [0.5, 0.6) is 5.75 Å². The van der Waals surface area contributed by atoms with Crippen LogP contribution in [0.3, 0.4) is 0 Å². The molecule has 15 heavy (non-hydrogen) atoms. The van der Waals surface area contributed by atoms with Crippen LogP contribution in [0, 0.1) is 0 Å². The van der Waals surface area contributed by atoms with Gasteiger partial charge in [0.2, 0.25) is 5.75 Å². The quantitative estimate of drug-likeness (QED) is 0.553. The highest BCUT2D eigenvalue weighted by atomic mass is 16.5. The van der Waals surface area contributed by atoms with Crippen molar-refractivity contribution in [3.05, 3.63) is 6.33 Å². The van der Waals surface area contributed by atoms with Crippen molar-refractivity contribution >= 4 is 11.6 Å². The van der Waals surface area contributed by atoms with Crippen LogP contribution in [0.25, 0.3) is 0 Å². The third kappa shape index (κ3) is 1.80. The molecule has 3 N–H and O–H groups in total. The maximum absolute atomic E-state index is 5.35. The third-order valence-corrected chi connectivity index (χ3v) is 2.53. The summed E-state index contributed by atoms with van der Waals surface area (Å²) in [6.45, 7) is 2.02. The van der Waals surface area contributed by atoms with Crippen molar-refractivity contribution in [2.24, 2.45) is 5.84 Å². The molecule has 2 heterocycles. The van der Waals surface area contributed by atoms with Crippen LogP contribution in [-0.4, -0.2) is 30.2 Å². The van der Waals surface area contributed by atoms with Gasteiger partial charge in [-0.2, -0.15) is 0 Å². The van der Waals surface area contributed by atoms with E-state index in [1.807, 2.05) is 0 Å². The lowest BCUT2D eigenvalue weighted by Gasteiger charge is -2.19. The standard InChI is InChI=1S/C9H15N5O/c1-15-7-8(13-10)11-6-12-9(7)14-4-2-3-5-14/h6H,2-5,10H2,1H3,(H,11,12,13). The Balaban J connectivity index is 2.36. The second-order valence-electron chi connectivity index (χ2n) is 3.42. The Morgan fingerprint density at radius 2 is 2.13 bits per heavy atom. The molecule has 0 unspecified atom stereocenters. The Hall–Kier alpha value is -1.56. The molecule has 0 spiro atoms. The lowest BCUT2D eigenvalue weighted by molar-refractivity contribution is 0.413.